The Kier molecular flexibility index (Phi) is 6.15. The number of halogens is 1. The predicted molar refractivity (Wildman–Crippen MR) is 111 cm³/mol. The number of phenols is 1. The van der Waals surface area contributed by atoms with E-state index in [9.17, 15) is 14.3 Å². The molecule has 2 aromatic carbocycles. The Bertz CT molecular complexity index is 876. The number of benzene rings is 2. The number of nitrogens with one attached hydrogen (secondary N) is 1. The summed E-state index contributed by atoms with van der Waals surface area (Å²) < 4.78 is 14.6. The van der Waals surface area contributed by atoms with Crippen LogP contribution in [0.15, 0.2) is 36.4 Å². The maximum atomic E-state index is 14.6. The lowest BCUT2D eigenvalue weighted by Crippen LogP contribution is -3.14. The fourth-order valence-electron chi connectivity index (χ4n) is 3.69. The van der Waals surface area contributed by atoms with E-state index in [-0.39, 0.29) is 17.3 Å². The smallest absolute Gasteiger partial charge is 0.185 e. The second-order valence-corrected chi connectivity index (χ2v) is 7.46. The number of carbonyl (C=O) groups excluding carboxylic acids is 1. The van der Waals surface area contributed by atoms with Crippen molar-refractivity contribution in [1.29, 1.82) is 0 Å². The number of aryl methyl sites for hydroxylation is 2. The lowest BCUT2D eigenvalue weighted by atomic mass is 10.0. The topological polar surface area (TPSA) is 45.0 Å². The van der Waals surface area contributed by atoms with Gasteiger partial charge in [-0.3, -0.25) is 4.79 Å². The van der Waals surface area contributed by atoms with Crippen LogP contribution in [0.3, 0.4) is 0 Å². The molecule has 1 aliphatic rings. The average molecular weight is 383 g/mol. The van der Waals surface area contributed by atoms with E-state index in [1.54, 1.807) is 18.2 Å². The standard InChI is InChI=1S/C23H27FN2O2/c1-4-25-9-11-26(12-10-25)21-7-6-19(15-20(21)24)22(27)8-5-18-13-16(2)23(28)17(3)14-18/h5-8,13-15,28H,4,9-12H2,1-3H3/p+1/b8-5+. The third kappa shape index (κ3) is 4.42. The summed E-state index contributed by atoms with van der Waals surface area (Å²) in [6.07, 6.45) is 3.14. The summed E-state index contributed by atoms with van der Waals surface area (Å²) in [6, 6.07) is 8.36. The molecule has 1 saturated heterocycles. The lowest BCUT2D eigenvalue weighted by molar-refractivity contribution is -0.898. The van der Waals surface area contributed by atoms with E-state index < -0.39 is 0 Å². The highest BCUT2D eigenvalue weighted by molar-refractivity contribution is 6.07. The third-order valence-corrected chi connectivity index (χ3v) is 5.48. The fraction of sp³-hybridized carbons (Fsp3) is 0.348. The number of phenolic OH excluding ortho intramolecular Hbond substituents is 1. The van der Waals surface area contributed by atoms with Crippen LogP contribution in [0.25, 0.3) is 6.08 Å². The second-order valence-electron chi connectivity index (χ2n) is 7.46. The van der Waals surface area contributed by atoms with Crippen molar-refractivity contribution in [1.82, 2.24) is 0 Å². The van der Waals surface area contributed by atoms with Gasteiger partial charge in [0.25, 0.3) is 0 Å². The van der Waals surface area contributed by atoms with Crippen molar-refractivity contribution in [3.05, 3.63) is 64.5 Å². The van der Waals surface area contributed by atoms with E-state index in [1.165, 1.54) is 17.0 Å². The van der Waals surface area contributed by atoms with Crippen LogP contribution in [-0.4, -0.2) is 43.6 Å². The molecule has 28 heavy (non-hydrogen) atoms. The molecule has 1 heterocycles. The first-order valence-corrected chi connectivity index (χ1v) is 9.79. The summed E-state index contributed by atoms with van der Waals surface area (Å²) >= 11 is 0. The minimum absolute atomic E-state index is 0.242. The third-order valence-electron chi connectivity index (χ3n) is 5.48. The number of piperazine rings is 1. The van der Waals surface area contributed by atoms with Crippen LogP contribution >= 0.6 is 0 Å². The Balaban J connectivity index is 1.72. The molecule has 0 bridgehead atoms. The van der Waals surface area contributed by atoms with Crippen LogP contribution in [0.5, 0.6) is 5.75 Å². The summed E-state index contributed by atoms with van der Waals surface area (Å²) in [6.45, 7) is 10.6. The summed E-state index contributed by atoms with van der Waals surface area (Å²) in [5.74, 6) is -0.327. The van der Waals surface area contributed by atoms with Gasteiger partial charge >= 0.3 is 0 Å². The molecule has 1 fully saturated rings. The number of rotatable bonds is 5. The Morgan fingerprint density at radius 2 is 1.82 bits per heavy atom. The zero-order valence-electron chi connectivity index (χ0n) is 16.8. The van der Waals surface area contributed by atoms with Crippen LogP contribution in [0.4, 0.5) is 10.1 Å². The van der Waals surface area contributed by atoms with E-state index in [0.29, 0.717) is 11.3 Å². The summed E-state index contributed by atoms with van der Waals surface area (Å²) in [4.78, 5) is 16.0. The van der Waals surface area contributed by atoms with Gasteiger partial charge in [0.1, 0.15) is 11.6 Å². The number of allylic oxidation sites excluding steroid dienone is 1. The van der Waals surface area contributed by atoms with Gasteiger partial charge in [-0.2, -0.15) is 0 Å². The Labute approximate surface area is 165 Å². The monoisotopic (exact) mass is 383 g/mol. The highest BCUT2D eigenvalue weighted by atomic mass is 19.1. The van der Waals surface area contributed by atoms with Crippen molar-refractivity contribution in [2.24, 2.45) is 0 Å². The Hall–Kier alpha value is -2.66. The van der Waals surface area contributed by atoms with Crippen molar-refractivity contribution in [2.75, 3.05) is 37.6 Å². The van der Waals surface area contributed by atoms with Crippen molar-refractivity contribution in [3.63, 3.8) is 0 Å². The van der Waals surface area contributed by atoms with Crippen molar-refractivity contribution < 1.29 is 19.2 Å². The van der Waals surface area contributed by atoms with Gasteiger partial charge in [-0.05, 0) is 73.9 Å². The predicted octanol–water partition coefficient (Wildman–Crippen LogP) is 2.77. The average Bonchev–Trinajstić information content (AvgIpc) is 2.70. The molecule has 0 saturated carbocycles. The van der Waals surface area contributed by atoms with Crippen molar-refractivity contribution >= 4 is 17.5 Å². The molecular weight excluding hydrogens is 355 g/mol. The molecular formula is C23H28FN2O2+. The molecule has 148 valence electrons. The number of aromatic hydroxyl groups is 1. The van der Waals surface area contributed by atoms with Gasteiger partial charge in [0, 0.05) is 5.56 Å². The second kappa shape index (κ2) is 8.57. The van der Waals surface area contributed by atoms with Crippen LogP contribution in [0, 0.1) is 19.7 Å². The highest BCUT2D eigenvalue weighted by Crippen LogP contribution is 2.24. The number of quaternary nitrogens is 1. The van der Waals surface area contributed by atoms with Crippen LogP contribution in [0.2, 0.25) is 0 Å². The lowest BCUT2D eigenvalue weighted by Gasteiger charge is -2.33. The molecule has 0 atom stereocenters. The number of ketones is 1. The van der Waals surface area contributed by atoms with E-state index in [2.05, 4.69) is 11.8 Å². The molecule has 2 aromatic rings. The Morgan fingerprint density at radius 1 is 1.18 bits per heavy atom. The first-order valence-electron chi connectivity index (χ1n) is 9.79. The normalized spacial score (nSPS) is 15.4. The number of hydrogen-bond acceptors (Lipinski definition) is 3. The molecule has 3 rings (SSSR count). The maximum Gasteiger partial charge on any atom is 0.185 e. The van der Waals surface area contributed by atoms with Gasteiger partial charge in [0.2, 0.25) is 0 Å². The number of hydrogen-bond donors (Lipinski definition) is 2. The zero-order valence-corrected chi connectivity index (χ0v) is 16.8. The number of likely N-dealkylation sites (N-methyl/N-ethyl adjacent to an activating group) is 1. The van der Waals surface area contributed by atoms with Crippen LogP contribution in [0.1, 0.15) is 34.0 Å². The van der Waals surface area contributed by atoms with Gasteiger partial charge in [-0.1, -0.05) is 6.08 Å². The molecule has 0 amide bonds. The largest absolute Gasteiger partial charge is 0.507 e. The van der Waals surface area contributed by atoms with E-state index in [1.807, 2.05) is 26.0 Å². The summed E-state index contributed by atoms with van der Waals surface area (Å²) in [5, 5.41) is 9.84. The summed E-state index contributed by atoms with van der Waals surface area (Å²) in [5.41, 5.74) is 3.25. The molecule has 0 unspecified atom stereocenters. The Morgan fingerprint density at radius 3 is 2.39 bits per heavy atom. The number of carbonyl (C=O) groups is 1. The van der Waals surface area contributed by atoms with Crippen molar-refractivity contribution in [2.45, 2.75) is 20.8 Å². The zero-order chi connectivity index (χ0) is 20.3. The molecule has 5 heteroatoms. The van der Waals surface area contributed by atoms with Gasteiger partial charge in [0.05, 0.1) is 38.4 Å². The minimum atomic E-state index is -0.351. The number of anilines is 1. The van der Waals surface area contributed by atoms with E-state index >= 15 is 0 Å². The first-order chi connectivity index (χ1) is 13.4. The van der Waals surface area contributed by atoms with Gasteiger partial charge in [-0.15, -0.1) is 0 Å². The molecule has 0 aliphatic carbocycles. The molecule has 0 aromatic heterocycles. The van der Waals surface area contributed by atoms with Gasteiger partial charge in [0.15, 0.2) is 5.78 Å². The quantitative estimate of drug-likeness (QED) is 0.617. The van der Waals surface area contributed by atoms with Gasteiger partial charge < -0.3 is 14.9 Å². The molecule has 4 nitrogen and oxygen atoms in total. The highest BCUT2D eigenvalue weighted by Gasteiger charge is 2.21. The molecule has 0 radical (unpaired) electrons. The van der Waals surface area contributed by atoms with Crippen LogP contribution < -0.4 is 9.80 Å². The molecule has 1 aliphatic heterocycles. The fourth-order valence-corrected chi connectivity index (χ4v) is 3.69. The minimum Gasteiger partial charge on any atom is -0.507 e. The maximum absolute atomic E-state index is 14.6. The molecule has 0 spiro atoms. The van der Waals surface area contributed by atoms with Crippen LogP contribution in [-0.2, 0) is 0 Å². The number of nitrogens with zero attached hydrogens (tertiary/aromatic N) is 1. The van der Waals surface area contributed by atoms with Gasteiger partial charge in [-0.25, -0.2) is 4.39 Å². The SMILES string of the molecule is CC[NH+]1CCN(c2ccc(C(=O)/C=C/c3cc(C)c(O)c(C)c3)cc2F)CC1. The molecule has 2 N–H and O–H groups in total. The van der Waals surface area contributed by atoms with E-state index in [4.69, 9.17) is 0 Å². The van der Waals surface area contributed by atoms with Crippen molar-refractivity contribution in [3.8, 4) is 5.75 Å². The summed E-state index contributed by atoms with van der Waals surface area (Å²) in [7, 11) is 0. The first kappa shape index (κ1) is 20.1. The van der Waals surface area contributed by atoms with E-state index in [0.717, 1.165) is 49.4 Å².